The number of carboxylic acid groups (broad SMARTS) is 1. The number of nitrogens with zero attached hydrogens (tertiary/aromatic N) is 3. The molecule has 3 aliphatic heterocycles. The summed E-state index contributed by atoms with van der Waals surface area (Å²) >= 11 is 0. The zero-order valence-electron chi connectivity index (χ0n) is 32.6. The average molecular weight is 832 g/mol. The molecule has 1 spiro atoms. The van der Waals surface area contributed by atoms with E-state index in [1.54, 1.807) is 20.8 Å². The summed E-state index contributed by atoms with van der Waals surface area (Å²) in [7, 11) is -4.07. The first kappa shape index (κ1) is 40.2. The summed E-state index contributed by atoms with van der Waals surface area (Å²) in [5.41, 5.74) is -1.40. The van der Waals surface area contributed by atoms with E-state index in [1.165, 1.54) is 28.0 Å². The number of halogens is 3. The van der Waals surface area contributed by atoms with Gasteiger partial charge in [0.25, 0.3) is 5.91 Å². The SMILES string of the molecule is Cc1nc2ccc(OC(F)(F)F)cc2c2c1O[C@@]1(CC2)CN2C(=O)[C@@H](N(C(=O)O)C3CC3)CCCCC/C=C\[C@@H]3C[C@@]3(C(=O)NS(=O)(=O)C3(C)CC3)NC(=O)[C@@H]2C1C. The summed E-state index contributed by atoms with van der Waals surface area (Å²) in [6.45, 7) is 4.86. The first-order chi connectivity index (χ1) is 27.3. The van der Waals surface area contributed by atoms with Crippen LogP contribution in [-0.4, -0.2) is 99.0 Å². The third kappa shape index (κ3) is 7.12. The molecule has 314 valence electrons. The number of ether oxygens (including phenoxy) is 2. The van der Waals surface area contributed by atoms with Crippen molar-refractivity contribution < 1.29 is 55.3 Å². The molecule has 4 amide bonds. The molecule has 1 aromatic heterocycles. The van der Waals surface area contributed by atoms with Gasteiger partial charge in [-0.2, -0.15) is 0 Å². The molecule has 3 aliphatic carbocycles. The summed E-state index contributed by atoms with van der Waals surface area (Å²) in [6.07, 6.45) is 3.00. The van der Waals surface area contributed by atoms with E-state index in [-0.39, 0.29) is 38.3 Å². The second kappa shape index (κ2) is 14.0. The maximum atomic E-state index is 15.0. The molecule has 4 fully saturated rings. The lowest BCUT2D eigenvalue weighted by atomic mass is 9.80. The molecule has 3 saturated carbocycles. The van der Waals surface area contributed by atoms with E-state index >= 15 is 4.79 Å². The van der Waals surface area contributed by atoms with Gasteiger partial charge < -0.3 is 24.8 Å². The Morgan fingerprint density at radius 2 is 1.86 bits per heavy atom. The van der Waals surface area contributed by atoms with E-state index in [2.05, 4.69) is 19.8 Å². The van der Waals surface area contributed by atoms with Crippen molar-refractivity contribution in [2.75, 3.05) is 6.54 Å². The van der Waals surface area contributed by atoms with E-state index in [9.17, 15) is 41.1 Å². The van der Waals surface area contributed by atoms with Gasteiger partial charge in [-0.05, 0) is 96.3 Å². The number of hydrogen-bond donors (Lipinski definition) is 3. The number of fused-ring (bicyclic) bond motifs is 5. The lowest BCUT2D eigenvalue weighted by Gasteiger charge is -2.39. The van der Waals surface area contributed by atoms with Gasteiger partial charge in [-0.1, -0.05) is 31.9 Å². The topological polar surface area (TPSA) is 185 Å². The van der Waals surface area contributed by atoms with Crippen LogP contribution in [0.25, 0.3) is 10.9 Å². The second-order valence-corrected chi connectivity index (χ2v) is 19.5. The molecule has 2 aromatic rings. The summed E-state index contributed by atoms with van der Waals surface area (Å²) in [5.74, 6) is -3.55. The van der Waals surface area contributed by atoms with E-state index in [0.717, 1.165) is 6.42 Å². The number of pyridine rings is 1. The molecule has 0 radical (unpaired) electrons. The molecule has 1 saturated heterocycles. The first-order valence-corrected chi connectivity index (χ1v) is 21.5. The molecule has 4 heterocycles. The number of nitrogens with one attached hydrogen (secondary N) is 2. The minimum absolute atomic E-state index is 0.131. The van der Waals surface area contributed by atoms with Crippen molar-refractivity contribution in [3.8, 4) is 11.5 Å². The van der Waals surface area contributed by atoms with E-state index < -0.39 is 85.8 Å². The fraction of sp³-hybridized carbons (Fsp3) is 0.625. The number of benzene rings is 1. The van der Waals surface area contributed by atoms with Gasteiger partial charge in [0.05, 0.1) is 22.5 Å². The van der Waals surface area contributed by atoms with Crippen LogP contribution >= 0.6 is 0 Å². The zero-order valence-corrected chi connectivity index (χ0v) is 33.4. The number of aryl methyl sites for hydroxylation is 2. The molecular weight excluding hydrogens is 784 g/mol. The van der Waals surface area contributed by atoms with Crippen LogP contribution in [0.2, 0.25) is 0 Å². The predicted octanol–water partition coefficient (Wildman–Crippen LogP) is 5.26. The van der Waals surface area contributed by atoms with Crippen LogP contribution in [0.3, 0.4) is 0 Å². The minimum Gasteiger partial charge on any atom is -0.483 e. The molecule has 1 aromatic carbocycles. The normalized spacial score (nSPS) is 31.4. The monoisotopic (exact) mass is 831 g/mol. The lowest BCUT2D eigenvalue weighted by molar-refractivity contribution is -0.274. The third-order valence-electron chi connectivity index (χ3n) is 13.2. The van der Waals surface area contributed by atoms with Crippen molar-refractivity contribution in [3.63, 3.8) is 0 Å². The highest BCUT2D eigenvalue weighted by Gasteiger charge is 2.65. The number of amides is 4. The third-order valence-corrected chi connectivity index (χ3v) is 15.4. The maximum Gasteiger partial charge on any atom is 0.573 e. The Morgan fingerprint density at radius 1 is 1.12 bits per heavy atom. The van der Waals surface area contributed by atoms with Gasteiger partial charge in [0.15, 0.2) is 0 Å². The molecule has 3 N–H and O–H groups in total. The molecule has 6 aliphatic rings. The average Bonchev–Trinajstić information content (AvgIpc) is 4.07. The van der Waals surface area contributed by atoms with Crippen molar-refractivity contribution in [2.45, 2.75) is 138 Å². The Morgan fingerprint density at radius 3 is 2.53 bits per heavy atom. The lowest BCUT2D eigenvalue weighted by Crippen LogP contribution is -2.60. The van der Waals surface area contributed by atoms with Crippen LogP contribution in [-0.2, 0) is 30.8 Å². The standard InChI is InChI=1S/C40H48F3N5O9S/c1-22-31-33(49)45-39(35(51)46-58(54,55)37(3)17-18-37)20-24(39)9-7-5-4-6-8-10-30(48(36(52)53)25-11-12-25)34(50)47(31)21-38(22)16-15-27-28-19-26(56-40(41,42)43)13-14-29(28)44-23(2)32(27)57-38/h7,9,13-14,19,22,24-25,30-31H,4-6,8,10-12,15-18,20-21H2,1-3H3,(H,45,49)(H,46,51)(H,52,53)/b9-7-/t22?,24-,30+,31+,38+,39-/m1/s1. The summed E-state index contributed by atoms with van der Waals surface area (Å²) in [6, 6.07) is 1.15. The molecule has 1 unspecified atom stereocenters. The van der Waals surface area contributed by atoms with Crippen LogP contribution in [0.4, 0.5) is 18.0 Å². The van der Waals surface area contributed by atoms with Gasteiger partial charge in [0, 0.05) is 28.8 Å². The molecule has 58 heavy (non-hydrogen) atoms. The number of carbonyl (C=O) groups is 4. The van der Waals surface area contributed by atoms with E-state index in [1.807, 2.05) is 12.2 Å². The Kier molecular flexibility index (Phi) is 9.70. The fourth-order valence-electron chi connectivity index (χ4n) is 9.27. The van der Waals surface area contributed by atoms with Crippen molar-refractivity contribution in [2.24, 2.45) is 11.8 Å². The van der Waals surface area contributed by atoms with Crippen molar-refractivity contribution >= 4 is 44.7 Å². The number of alkyl halides is 3. The van der Waals surface area contributed by atoms with Gasteiger partial charge in [-0.15, -0.1) is 13.2 Å². The molecule has 8 rings (SSSR count). The number of carbonyl (C=O) groups excluding carboxylic acids is 3. The van der Waals surface area contributed by atoms with Crippen molar-refractivity contribution in [1.82, 2.24) is 24.8 Å². The Balaban J connectivity index is 1.18. The largest absolute Gasteiger partial charge is 0.573 e. The first-order valence-electron chi connectivity index (χ1n) is 20.0. The summed E-state index contributed by atoms with van der Waals surface area (Å²) < 4.78 is 78.2. The van der Waals surface area contributed by atoms with Crippen LogP contribution in [0, 0.1) is 18.8 Å². The highest BCUT2D eigenvalue weighted by molar-refractivity contribution is 7.91. The number of allylic oxidation sites excluding steroid dienone is 1. The zero-order chi connectivity index (χ0) is 41.6. The molecular formula is C40H48F3N5O9S. The second-order valence-electron chi connectivity index (χ2n) is 17.3. The number of sulfonamides is 1. The maximum absolute atomic E-state index is 15.0. The van der Waals surface area contributed by atoms with Gasteiger partial charge in [0.1, 0.15) is 34.7 Å². The molecule has 6 atom stereocenters. The Labute approximate surface area is 333 Å². The van der Waals surface area contributed by atoms with Gasteiger partial charge in [-0.25, -0.2) is 18.2 Å². The quantitative estimate of drug-likeness (QED) is 0.325. The van der Waals surface area contributed by atoms with Crippen molar-refractivity contribution in [3.05, 3.63) is 41.6 Å². The molecule has 18 heteroatoms. The summed E-state index contributed by atoms with van der Waals surface area (Å²) in [5, 5.41) is 13.7. The van der Waals surface area contributed by atoms with Crippen molar-refractivity contribution in [1.29, 1.82) is 0 Å². The van der Waals surface area contributed by atoms with Crippen LogP contribution < -0.4 is 19.5 Å². The fourth-order valence-corrected chi connectivity index (χ4v) is 10.6. The molecule has 0 bridgehead atoms. The minimum atomic E-state index is -4.92. The van der Waals surface area contributed by atoms with Crippen LogP contribution in [0.1, 0.15) is 95.7 Å². The molecule has 14 nitrogen and oxygen atoms in total. The Bertz CT molecular complexity index is 2210. The van der Waals surface area contributed by atoms with Gasteiger partial charge in [-0.3, -0.25) is 24.0 Å². The smallest absolute Gasteiger partial charge is 0.483 e. The Hall–Kier alpha value is -4.61. The number of hydrogen-bond acceptors (Lipinski definition) is 9. The van der Waals surface area contributed by atoms with Gasteiger partial charge >= 0.3 is 12.5 Å². The number of rotatable bonds is 6. The summed E-state index contributed by atoms with van der Waals surface area (Å²) in [4.78, 5) is 63.8. The van der Waals surface area contributed by atoms with Gasteiger partial charge in [0.2, 0.25) is 21.8 Å². The van der Waals surface area contributed by atoms with Crippen LogP contribution in [0.15, 0.2) is 30.4 Å². The number of aromatic nitrogens is 1. The highest BCUT2D eigenvalue weighted by Crippen LogP contribution is 2.51. The van der Waals surface area contributed by atoms with E-state index in [0.29, 0.717) is 72.9 Å². The highest BCUT2D eigenvalue weighted by atomic mass is 32.2. The van der Waals surface area contributed by atoms with E-state index in [4.69, 9.17) is 4.74 Å². The van der Waals surface area contributed by atoms with Crippen LogP contribution in [0.5, 0.6) is 11.5 Å². The predicted molar refractivity (Wildman–Crippen MR) is 202 cm³/mol.